The molecule has 3 aromatic rings. The third kappa shape index (κ3) is 6.17. The molecule has 3 aromatic carbocycles. The van der Waals surface area contributed by atoms with Crippen LogP contribution in [0.2, 0.25) is 0 Å². The number of sulfonamides is 1. The van der Waals surface area contributed by atoms with Crippen LogP contribution in [0.1, 0.15) is 16.7 Å². The fraction of sp³-hybridized carbons (Fsp3) is 0.192. The lowest BCUT2D eigenvalue weighted by Crippen LogP contribution is -2.20. The smallest absolute Gasteiger partial charge is 0.262 e. The van der Waals surface area contributed by atoms with E-state index in [0.717, 1.165) is 16.7 Å². The van der Waals surface area contributed by atoms with Crippen LogP contribution < -0.4 is 19.5 Å². The van der Waals surface area contributed by atoms with Crippen molar-refractivity contribution in [2.45, 2.75) is 25.2 Å². The maximum atomic E-state index is 12.8. The van der Waals surface area contributed by atoms with Crippen LogP contribution in [0, 0.1) is 13.8 Å². The first kappa shape index (κ1) is 24.9. The number of amides is 1. The van der Waals surface area contributed by atoms with Gasteiger partial charge < -0.3 is 14.8 Å². The number of benzene rings is 3. The van der Waals surface area contributed by atoms with Gasteiger partial charge in [-0.15, -0.1) is 6.58 Å². The van der Waals surface area contributed by atoms with Gasteiger partial charge in [0.25, 0.3) is 15.9 Å². The lowest BCUT2D eigenvalue weighted by molar-refractivity contribution is -0.118. The molecule has 34 heavy (non-hydrogen) atoms. The normalized spacial score (nSPS) is 10.9. The van der Waals surface area contributed by atoms with E-state index in [0.29, 0.717) is 29.3 Å². The number of ether oxygens (including phenoxy) is 2. The first-order valence-electron chi connectivity index (χ1n) is 10.6. The number of allylic oxidation sites excluding steroid dienone is 1. The minimum absolute atomic E-state index is 0.0914. The third-order valence-corrected chi connectivity index (χ3v) is 6.50. The van der Waals surface area contributed by atoms with E-state index in [1.807, 2.05) is 44.2 Å². The second-order valence-electron chi connectivity index (χ2n) is 7.71. The molecule has 0 aliphatic rings. The second kappa shape index (κ2) is 10.9. The fourth-order valence-corrected chi connectivity index (χ4v) is 4.55. The number of methoxy groups -OCH3 is 1. The van der Waals surface area contributed by atoms with Crippen molar-refractivity contribution in [2.24, 2.45) is 0 Å². The van der Waals surface area contributed by atoms with Crippen LogP contribution in [0.5, 0.6) is 11.5 Å². The molecule has 0 spiro atoms. The monoisotopic (exact) mass is 480 g/mol. The maximum Gasteiger partial charge on any atom is 0.262 e. The number of para-hydroxylation sites is 1. The molecule has 0 aliphatic carbocycles. The molecule has 0 saturated heterocycles. The standard InChI is InChI=1S/C26H28N2O5S/c1-5-7-20-10-15-23(24(16-20)32-4)33-17-25(29)27-21-11-13-22(14-12-21)34(30,31)28-26-18(2)8-6-9-19(26)3/h5-6,8-16,28H,1,7,17H2,2-4H3,(H,27,29). The van der Waals surface area contributed by atoms with Gasteiger partial charge in [0.05, 0.1) is 17.7 Å². The second-order valence-corrected chi connectivity index (χ2v) is 9.39. The number of rotatable bonds is 10. The molecule has 178 valence electrons. The average molecular weight is 481 g/mol. The Morgan fingerprint density at radius 1 is 1.00 bits per heavy atom. The number of carbonyl (C=O) groups excluding carboxylic acids is 1. The zero-order valence-electron chi connectivity index (χ0n) is 19.4. The van der Waals surface area contributed by atoms with Crippen molar-refractivity contribution >= 4 is 27.3 Å². The summed E-state index contributed by atoms with van der Waals surface area (Å²) in [5, 5.41) is 2.69. The Labute approximate surface area is 200 Å². The Balaban J connectivity index is 1.62. The maximum absolute atomic E-state index is 12.8. The van der Waals surface area contributed by atoms with Crippen molar-refractivity contribution in [2.75, 3.05) is 23.8 Å². The van der Waals surface area contributed by atoms with E-state index >= 15 is 0 Å². The summed E-state index contributed by atoms with van der Waals surface area (Å²) in [6.07, 6.45) is 2.49. The average Bonchev–Trinajstić information content (AvgIpc) is 2.81. The Kier molecular flexibility index (Phi) is 7.96. The number of carbonyl (C=O) groups is 1. The summed E-state index contributed by atoms with van der Waals surface area (Å²) in [6, 6.07) is 17.0. The Morgan fingerprint density at radius 2 is 1.68 bits per heavy atom. The number of hydrogen-bond acceptors (Lipinski definition) is 5. The van der Waals surface area contributed by atoms with Crippen molar-refractivity contribution in [1.29, 1.82) is 0 Å². The fourth-order valence-electron chi connectivity index (χ4n) is 3.35. The van der Waals surface area contributed by atoms with E-state index in [1.165, 1.54) is 31.4 Å². The van der Waals surface area contributed by atoms with Gasteiger partial charge in [-0.1, -0.05) is 30.3 Å². The van der Waals surface area contributed by atoms with Crippen LogP contribution >= 0.6 is 0 Å². The molecule has 0 saturated carbocycles. The Morgan fingerprint density at radius 3 is 2.29 bits per heavy atom. The van der Waals surface area contributed by atoms with Gasteiger partial charge in [-0.2, -0.15) is 0 Å². The van der Waals surface area contributed by atoms with Crippen LogP contribution in [0.3, 0.4) is 0 Å². The van der Waals surface area contributed by atoms with Gasteiger partial charge in [-0.3, -0.25) is 9.52 Å². The molecular formula is C26H28N2O5S. The summed E-state index contributed by atoms with van der Waals surface area (Å²) in [4.78, 5) is 12.4. The van der Waals surface area contributed by atoms with Crippen LogP contribution in [-0.4, -0.2) is 28.0 Å². The van der Waals surface area contributed by atoms with E-state index in [2.05, 4.69) is 16.6 Å². The van der Waals surface area contributed by atoms with E-state index in [4.69, 9.17) is 9.47 Å². The summed E-state index contributed by atoms with van der Waals surface area (Å²) in [6.45, 7) is 7.17. The highest BCUT2D eigenvalue weighted by molar-refractivity contribution is 7.92. The van der Waals surface area contributed by atoms with E-state index in [1.54, 1.807) is 12.1 Å². The van der Waals surface area contributed by atoms with Gasteiger partial charge in [0, 0.05) is 5.69 Å². The predicted molar refractivity (Wildman–Crippen MR) is 134 cm³/mol. The summed E-state index contributed by atoms with van der Waals surface area (Å²) in [5.74, 6) is 0.587. The first-order valence-corrected chi connectivity index (χ1v) is 12.1. The van der Waals surface area contributed by atoms with Crippen molar-refractivity contribution < 1.29 is 22.7 Å². The number of hydrogen-bond donors (Lipinski definition) is 2. The van der Waals surface area contributed by atoms with Gasteiger partial charge in [-0.25, -0.2) is 8.42 Å². The SMILES string of the molecule is C=CCc1ccc(OCC(=O)Nc2ccc(S(=O)(=O)Nc3c(C)cccc3C)cc2)c(OC)c1. The minimum Gasteiger partial charge on any atom is -0.493 e. The third-order valence-electron chi connectivity index (χ3n) is 5.13. The van der Waals surface area contributed by atoms with E-state index in [9.17, 15) is 13.2 Å². The zero-order valence-corrected chi connectivity index (χ0v) is 20.2. The van der Waals surface area contributed by atoms with Gasteiger partial charge in [0.1, 0.15) is 0 Å². The highest BCUT2D eigenvalue weighted by Crippen LogP contribution is 2.28. The predicted octanol–water partition coefficient (Wildman–Crippen LogP) is 4.86. The van der Waals surface area contributed by atoms with Crippen LogP contribution in [0.4, 0.5) is 11.4 Å². The van der Waals surface area contributed by atoms with Crippen LogP contribution in [0.25, 0.3) is 0 Å². The van der Waals surface area contributed by atoms with Crippen molar-refractivity contribution in [3.05, 3.63) is 90.0 Å². The molecule has 0 bridgehead atoms. The number of anilines is 2. The van der Waals surface area contributed by atoms with Gasteiger partial charge in [-0.05, 0) is 73.4 Å². The van der Waals surface area contributed by atoms with E-state index in [-0.39, 0.29) is 17.4 Å². The number of nitrogens with one attached hydrogen (secondary N) is 2. The van der Waals surface area contributed by atoms with Crippen molar-refractivity contribution in [3.63, 3.8) is 0 Å². The lowest BCUT2D eigenvalue weighted by Gasteiger charge is -2.14. The largest absolute Gasteiger partial charge is 0.493 e. The molecule has 2 N–H and O–H groups in total. The molecular weight excluding hydrogens is 452 g/mol. The van der Waals surface area contributed by atoms with Crippen LogP contribution in [0.15, 0.2) is 78.2 Å². The molecule has 3 rings (SSSR count). The van der Waals surface area contributed by atoms with E-state index < -0.39 is 10.0 Å². The molecule has 0 aliphatic heterocycles. The molecule has 0 heterocycles. The highest BCUT2D eigenvalue weighted by atomic mass is 32.2. The Hall–Kier alpha value is -3.78. The topological polar surface area (TPSA) is 93.7 Å². The summed E-state index contributed by atoms with van der Waals surface area (Å²) in [7, 11) is -2.24. The molecule has 0 aromatic heterocycles. The summed E-state index contributed by atoms with van der Waals surface area (Å²) in [5.41, 5.74) is 3.70. The quantitative estimate of drug-likeness (QED) is 0.404. The first-order chi connectivity index (χ1) is 16.2. The molecule has 0 fully saturated rings. The molecule has 7 nitrogen and oxygen atoms in total. The molecule has 0 unspecified atom stereocenters. The minimum atomic E-state index is -3.77. The van der Waals surface area contributed by atoms with Crippen LogP contribution in [-0.2, 0) is 21.2 Å². The highest BCUT2D eigenvalue weighted by Gasteiger charge is 2.17. The number of aryl methyl sites for hydroxylation is 2. The summed E-state index contributed by atoms with van der Waals surface area (Å²) < 4.78 is 39.1. The molecule has 0 radical (unpaired) electrons. The van der Waals surface area contributed by atoms with Gasteiger partial charge >= 0.3 is 0 Å². The molecule has 1 amide bonds. The van der Waals surface area contributed by atoms with Crippen molar-refractivity contribution in [1.82, 2.24) is 0 Å². The van der Waals surface area contributed by atoms with Crippen molar-refractivity contribution in [3.8, 4) is 11.5 Å². The van der Waals surface area contributed by atoms with Gasteiger partial charge in [0.2, 0.25) is 0 Å². The Bertz CT molecular complexity index is 1260. The van der Waals surface area contributed by atoms with Gasteiger partial charge in [0.15, 0.2) is 18.1 Å². The molecule has 0 atom stereocenters. The summed E-state index contributed by atoms with van der Waals surface area (Å²) >= 11 is 0. The lowest BCUT2D eigenvalue weighted by atomic mass is 10.1. The zero-order chi connectivity index (χ0) is 24.7. The molecule has 8 heteroatoms.